The molecule has 6 nitrogen and oxygen atoms in total. The molecule has 1 saturated heterocycles. The Morgan fingerprint density at radius 2 is 1.76 bits per heavy atom. The summed E-state index contributed by atoms with van der Waals surface area (Å²) in [5, 5.41) is 3.01. The van der Waals surface area contributed by atoms with E-state index < -0.39 is 0 Å². The molecule has 1 N–H and O–H groups in total. The van der Waals surface area contributed by atoms with Crippen molar-refractivity contribution in [1.29, 1.82) is 0 Å². The Kier molecular flexibility index (Phi) is 6.75. The monoisotopic (exact) mass is 396 g/mol. The first kappa shape index (κ1) is 20.7. The van der Waals surface area contributed by atoms with Gasteiger partial charge in [0.15, 0.2) is 11.5 Å². The lowest BCUT2D eigenvalue weighted by Gasteiger charge is -2.31. The van der Waals surface area contributed by atoms with Crippen LogP contribution in [0.5, 0.6) is 11.5 Å². The Labute approximate surface area is 171 Å². The predicted molar refractivity (Wildman–Crippen MR) is 111 cm³/mol. The Hall–Kier alpha value is -3.02. The lowest BCUT2D eigenvalue weighted by Crippen LogP contribution is -2.40. The van der Waals surface area contributed by atoms with Crippen LogP contribution in [-0.4, -0.2) is 43.0 Å². The molecular weight excluding hydrogens is 368 g/mol. The largest absolute Gasteiger partial charge is 0.493 e. The van der Waals surface area contributed by atoms with E-state index in [-0.39, 0.29) is 24.0 Å². The van der Waals surface area contributed by atoms with Gasteiger partial charge in [-0.2, -0.15) is 0 Å². The van der Waals surface area contributed by atoms with Crippen molar-refractivity contribution in [3.05, 3.63) is 59.7 Å². The van der Waals surface area contributed by atoms with E-state index in [0.717, 1.165) is 18.4 Å². The maximum Gasteiger partial charge on any atom is 0.251 e. The summed E-state index contributed by atoms with van der Waals surface area (Å²) in [6, 6.07) is 15.0. The van der Waals surface area contributed by atoms with E-state index in [1.165, 1.54) is 0 Å². The van der Waals surface area contributed by atoms with Crippen LogP contribution in [0.4, 0.5) is 0 Å². The van der Waals surface area contributed by atoms with Crippen molar-refractivity contribution in [2.45, 2.75) is 38.8 Å². The number of benzene rings is 2. The molecule has 1 aliphatic heterocycles. The maximum absolute atomic E-state index is 12.7. The van der Waals surface area contributed by atoms with Gasteiger partial charge in [0.25, 0.3) is 5.91 Å². The van der Waals surface area contributed by atoms with E-state index in [0.29, 0.717) is 30.2 Å². The fourth-order valence-corrected chi connectivity index (χ4v) is 3.48. The van der Waals surface area contributed by atoms with Crippen molar-refractivity contribution in [1.82, 2.24) is 10.2 Å². The molecule has 0 aromatic heterocycles. The van der Waals surface area contributed by atoms with Gasteiger partial charge in [-0.1, -0.05) is 30.3 Å². The lowest BCUT2D eigenvalue weighted by molar-refractivity contribution is -0.130. The molecule has 1 heterocycles. The van der Waals surface area contributed by atoms with Crippen LogP contribution < -0.4 is 14.8 Å². The molecule has 0 saturated carbocycles. The third-order valence-electron chi connectivity index (χ3n) is 5.25. The van der Waals surface area contributed by atoms with Gasteiger partial charge in [-0.3, -0.25) is 9.59 Å². The molecule has 2 aromatic carbocycles. The van der Waals surface area contributed by atoms with Gasteiger partial charge >= 0.3 is 0 Å². The first-order chi connectivity index (χ1) is 14.0. The van der Waals surface area contributed by atoms with Crippen molar-refractivity contribution in [3.63, 3.8) is 0 Å². The molecule has 1 aliphatic rings. The van der Waals surface area contributed by atoms with Gasteiger partial charge in [-0.25, -0.2) is 0 Å². The van der Waals surface area contributed by atoms with Crippen LogP contribution in [0.15, 0.2) is 48.5 Å². The number of hydrogen-bond acceptors (Lipinski definition) is 4. The first-order valence-electron chi connectivity index (χ1n) is 9.94. The van der Waals surface area contributed by atoms with Crippen molar-refractivity contribution in [2.24, 2.45) is 0 Å². The number of methoxy groups -OCH3 is 1. The molecule has 2 amide bonds. The minimum atomic E-state index is -0.166. The number of ether oxygens (including phenoxy) is 2. The molecule has 154 valence electrons. The van der Waals surface area contributed by atoms with Crippen molar-refractivity contribution in [3.8, 4) is 11.5 Å². The van der Waals surface area contributed by atoms with E-state index in [1.807, 2.05) is 42.2 Å². The average molecular weight is 396 g/mol. The van der Waals surface area contributed by atoms with E-state index >= 15 is 0 Å². The van der Waals surface area contributed by atoms with Crippen LogP contribution >= 0.6 is 0 Å². The fraction of sp³-hybridized carbons (Fsp3) is 0.391. The minimum Gasteiger partial charge on any atom is -0.493 e. The number of piperidine rings is 1. The third kappa shape index (κ3) is 5.28. The highest BCUT2D eigenvalue weighted by Gasteiger charge is 2.23. The number of carbonyl (C=O) groups is 2. The van der Waals surface area contributed by atoms with Crippen molar-refractivity contribution in [2.75, 3.05) is 20.2 Å². The van der Waals surface area contributed by atoms with Gasteiger partial charge in [-0.15, -0.1) is 0 Å². The van der Waals surface area contributed by atoms with E-state index in [4.69, 9.17) is 9.47 Å². The van der Waals surface area contributed by atoms with Crippen molar-refractivity contribution < 1.29 is 19.1 Å². The van der Waals surface area contributed by atoms with E-state index in [2.05, 4.69) is 5.32 Å². The second kappa shape index (κ2) is 9.45. The highest BCUT2D eigenvalue weighted by Crippen LogP contribution is 2.31. The zero-order valence-electron chi connectivity index (χ0n) is 17.2. The van der Waals surface area contributed by atoms with Gasteiger partial charge in [0, 0.05) is 38.4 Å². The Bertz CT molecular complexity index is 845. The molecule has 1 unspecified atom stereocenters. The summed E-state index contributed by atoms with van der Waals surface area (Å²) < 4.78 is 11.6. The number of nitrogens with zero attached hydrogens (tertiary/aromatic N) is 1. The molecule has 0 radical (unpaired) electrons. The minimum absolute atomic E-state index is 0.0253. The normalized spacial score (nSPS) is 15.5. The summed E-state index contributed by atoms with van der Waals surface area (Å²) >= 11 is 0. The number of carbonyl (C=O) groups excluding carboxylic acids is 2. The zero-order chi connectivity index (χ0) is 20.8. The Morgan fingerprint density at radius 1 is 1.07 bits per heavy atom. The second-order valence-corrected chi connectivity index (χ2v) is 7.29. The van der Waals surface area contributed by atoms with Crippen LogP contribution in [0, 0.1) is 0 Å². The topological polar surface area (TPSA) is 67.9 Å². The molecule has 1 fully saturated rings. The first-order valence-corrected chi connectivity index (χ1v) is 9.94. The van der Waals surface area contributed by atoms with Crippen LogP contribution in [-0.2, 0) is 4.79 Å². The summed E-state index contributed by atoms with van der Waals surface area (Å²) in [5.74, 6) is 1.07. The maximum atomic E-state index is 12.7. The number of nitrogens with one attached hydrogen (secondary N) is 1. The zero-order valence-corrected chi connectivity index (χ0v) is 17.2. The average Bonchev–Trinajstić information content (AvgIpc) is 2.75. The summed E-state index contributed by atoms with van der Waals surface area (Å²) in [6.07, 6.45) is 1.58. The summed E-state index contributed by atoms with van der Waals surface area (Å²) in [6.45, 7) is 4.93. The van der Waals surface area contributed by atoms with E-state index in [1.54, 1.807) is 32.2 Å². The number of hydrogen-bond donors (Lipinski definition) is 1. The highest BCUT2D eigenvalue weighted by atomic mass is 16.5. The Balaban J connectivity index is 1.64. The van der Waals surface area contributed by atoms with Crippen molar-refractivity contribution >= 4 is 11.8 Å². The molecular formula is C23H28N2O4. The molecule has 6 heteroatoms. The molecule has 2 aromatic rings. The SMILES string of the molecule is COc1cc(C(=O)NC(C)c2ccccc2)ccc1OC1CCN(C(C)=O)CC1. The van der Waals surface area contributed by atoms with Gasteiger partial charge in [0.2, 0.25) is 5.91 Å². The predicted octanol–water partition coefficient (Wildman–Crippen LogP) is 3.58. The second-order valence-electron chi connectivity index (χ2n) is 7.29. The number of amides is 2. The van der Waals surface area contributed by atoms with Crippen LogP contribution in [0.3, 0.4) is 0 Å². The Morgan fingerprint density at radius 3 is 2.38 bits per heavy atom. The fourth-order valence-electron chi connectivity index (χ4n) is 3.48. The van der Waals surface area contributed by atoms with Crippen LogP contribution in [0.2, 0.25) is 0 Å². The van der Waals surface area contributed by atoms with Gasteiger partial charge in [0.05, 0.1) is 13.2 Å². The number of rotatable bonds is 6. The number of likely N-dealkylation sites (tertiary alicyclic amines) is 1. The molecule has 0 bridgehead atoms. The van der Waals surface area contributed by atoms with E-state index in [9.17, 15) is 9.59 Å². The summed E-state index contributed by atoms with van der Waals surface area (Å²) in [4.78, 5) is 25.9. The van der Waals surface area contributed by atoms with Gasteiger partial charge in [0.1, 0.15) is 6.10 Å². The quantitative estimate of drug-likeness (QED) is 0.810. The molecule has 29 heavy (non-hydrogen) atoms. The standard InChI is InChI=1S/C23H28N2O4/c1-16(18-7-5-4-6-8-18)24-23(27)19-9-10-21(22(15-19)28-3)29-20-11-13-25(14-12-20)17(2)26/h4-10,15-16,20H,11-14H2,1-3H3,(H,24,27). The lowest BCUT2D eigenvalue weighted by atomic mass is 10.1. The highest BCUT2D eigenvalue weighted by molar-refractivity contribution is 5.95. The molecule has 3 rings (SSSR count). The van der Waals surface area contributed by atoms with Gasteiger partial charge in [-0.05, 0) is 30.7 Å². The van der Waals surface area contributed by atoms with Gasteiger partial charge < -0.3 is 19.7 Å². The summed E-state index contributed by atoms with van der Waals surface area (Å²) in [5.41, 5.74) is 1.56. The summed E-state index contributed by atoms with van der Waals surface area (Å²) in [7, 11) is 1.56. The smallest absolute Gasteiger partial charge is 0.251 e. The van der Waals surface area contributed by atoms with Crippen LogP contribution in [0.1, 0.15) is 48.7 Å². The molecule has 1 atom stereocenters. The molecule has 0 aliphatic carbocycles. The van der Waals surface area contributed by atoms with Crippen LogP contribution in [0.25, 0.3) is 0 Å². The molecule has 0 spiro atoms. The third-order valence-corrected chi connectivity index (χ3v) is 5.25.